The van der Waals surface area contributed by atoms with Gasteiger partial charge in [-0.2, -0.15) is 0 Å². The van der Waals surface area contributed by atoms with Gasteiger partial charge in [0.1, 0.15) is 5.75 Å². The van der Waals surface area contributed by atoms with Crippen molar-refractivity contribution in [1.29, 1.82) is 0 Å². The van der Waals surface area contributed by atoms with Gasteiger partial charge >= 0.3 is 5.97 Å². The van der Waals surface area contributed by atoms with Crippen molar-refractivity contribution in [2.45, 2.75) is 32.1 Å². The predicted molar refractivity (Wildman–Crippen MR) is 73.8 cm³/mol. The van der Waals surface area contributed by atoms with Gasteiger partial charge in [-0.15, -0.1) is 0 Å². The Morgan fingerprint density at radius 2 is 2.05 bits per heavy atom. The summed E-state index contributed by atoms with van der Waals surface area (Å²) in [5, 5.41) is 11.1. The lowest BCUT2D eigenvalue weighted by molar-refractivity contribution is -0.137. The molecule has 0 saturated heterocycles. The SMILES string of the molecule is O=C(O)CCCNC(=O)COc1ccc2c(c1)CCC2. The fourth-order valence-corrected chi connectivity index (χ4v) is 2.31. The number of benzene rings is 1. The molecule has 0 spiro atoms. The summed E-state index contributed by atoms with van der Waals surface area (Å²) in [6.07, 6.45) is 3.88. The highest BCUT2D eigenvalue weighted by molar-refractivity contribution is 5.77. The van der Waals surface area contributed by atoms with Crippen LogP contribution in [0, 0.1) is 0 Å². The van der Waals surface area contributed by atoms with E-state index in [1.165, 1.54) is 17.5 Å². The van der Waals surface area contributed by atoms with Gasteiger partial charge in [0, 0.05) is 13.0 Å². The highest BCUT2D eigenvalue weighted by Gasteiger charge is 2.11. The normalized spacial score (nSPS) is 12.8. The molecule has 1 amide bonds. The smallest absolute Gasteiger partial charge is 0.303 e. The van der Waals surface area contributed by atoms with E-state index >= 15 is 0 Å². The molecular weight excluding hydrogens is 258 g/mol. The van der Waals surface area contributed by atoms with Gasteiger partial charge in [-0.1, -0.05) is 6.07 Å². The van der Waals surface area contributed by atoms with Crippen LogP contribution < -0.4 is 10.1 Å². The van der Waals surface area contributed by atoms with Crippen molar-refractivity contribution in [2.75, 3.05) is 13.2 Å². The molecule has 0 bridgehead atoms. The first-order valence-corrected chi connectivity index (χ1v) is 6.88. The monoisotopic (exact) mass is 277 g/mol. The molecule has 1 aromatic rings. The summed E-state index contributed by atoms with van der Waals surface area (Å²) in [5.41, 5.74) is 2.68. The molecule has 1 aromatic carbocycles. The second kappa shape index (κ2) is 6.93. The molecule has 0 unspecified atom stereocenters. The van der Waals surface area contributed by atoms with Crippen molar-refractivity contribution in [3.8, 4) is 5.75 Å². The third-order valence-corrected chi connectivity index (χ3v) is 3.33. The minimum Gasteiger partial charge on any atom is -0.484 e. The molecule has 0 aliphatic heterocycles. The van der Waals surface area contributed by atoms with Crippen LogP contribution in [0.25, 0.3) is 0 Å². The van der Waals surface area contributed by atoms with Gasteiger partial charge in [-0.25, -0.2) is 0 Å². The van der Waals surface area contributed by atoms with Crippen LogP contribution in [0.4, 0.5) is 0 Å². The maximum absolute atomic E-state index is 11.5. The summed E-state index contributed by atoms with van der Waals surface area (Å²) in [6.45, 7) is 0.324. The van der Waals surface area contributed by atoms with E-state index in [0.29, 0.717) is 18.7 Å². The van der Waals surface area contributed by atoms with E-state index in [9.17, 15) is 9.59 Å². The molecule has 0 heterocycles. The number of carbonyl (C=O) groups is 2. The summed E-state index contributed by atoms with van der Waals surface area (Å²) in [5.74, 6) is -0.365. The van der Waals surface area contributed by atoms with Gasteiger partial charge in [0.15, 0.2) is 6.61 Å². The van der Waals surface area contributed by atoms with Crippen LogP contribution in [0.5, 0.6) is 5.75 Å². The number of fused-ring (bicyclic) bond motifs is 1. The zero-order valence-electron chi connectivity index (χ0n) is 11.4. The molecule has 20 heavy (non-hydrogen) atoms. The molecular formula is C15H19NO4. The molecule has 0 fully saturated rings. The first kappa shape index (κ1) is 14.4. The van der Waals surface area contributed by atoms with Gasteiger partial charge in [-0.3, -0.25) is 9.59 Å². The number of carboxylic acids is 1. The topological polar surface area (TPSA) is 75.6 Å². The number of hydrogen-bond acceptors (Lipinski definition) is 3. The number of carbonyl (C=O) groups excluding carboxylic acids is 1. The van der Waals surface area contributed by atoms with E-state index in [1.807, 2.05) is 12.1 Å². The molecule has 2 N–H and O–H groups in total. The van der Waals surface area contributed by atoms with E-state index in [0.717, 1.165) is 12.8 Å². The van der Waals surface area contributed by atoms with Gasteiger partial charge in [0.25, 0.3) is 5.91 Å². The summed E-state index contributed by atoms with van der Waals surface area (Å²) < 4.78 is 5.44. The Kier molecular flexibility index (Phi) is 4.98. The summed E-state index contributed by atoms with van der Waals surface area (Å²) in [7, 11) is 0. The number of nitrogens with one attached hydrogen (secondary N) is 1. The number of hydrogen-bond donors (Lipinski definition) is 2. The van der Waals surface area contributed by atoms with Crippen LogP contribution in [0.1, 0.15) is 30.4 Å². The molecule has 0 atom stereocenters. The lowest BCUT2D eigenvalue weighted by Gasteiger charge is -2.08. The van der Waals surface area contributed by atoms with Crippen molar-refractivity contribution in [3.05, 3.63) is 29.3 Å². The molecule has 1 aliphatic rings. The highest BCUT2D eigenvalue weighted by Crippen LogP contribution is 2.25. The van der Waals surface area contributed by atoms with Crippen molar-refractivity contribution in [1.82, 2.24) is 5.32 Å². The zero-order valence-corrected chi connectivity index (χ0v) is 11.4. The Bertz CT molecular complexity index is 499. The molecule has 1 aliphatic carbocycles. The molecule has 0 aromatic heterocycles. The van der Waals surface area contributed by atoms with Crippen LogP contribution in [0.2, 0.25) is 0 Å². The van der Waals surface area contributed by atoms with Crippen LogP contribution in [-0.4, -0.2) is 30.1 Å². The lowest BCUT2D eigenvalue weighted by atomic mass is 10.1. The van der Waals surface area contributed by atoms with Crippen LogP contribution in [0.3, 0.4) is 0 Å². The Morgan fingerprint density at radius 1 is 1.25 bits per heavy atom. The van der Waals surface area contributed by atoms with Gasteiger partial charge in [-0.05, 0) is 48.9 Å². The molecule has 108 valence electrons. The maximum atomic E-state index is 11.5. The number of ether oxygens (including phenoxy) is 1. The molecule has 5 nitrogen and oxygen atoms in total. The minimum absolute atomic E-state index is 0.0359. The second-order valence-electron chi connectivity index (χ2n) is 4.92. The molecule has 5 heteroatoms. The standard InChI is InChI=1S/C15H19NO4/c17-14(16-8-2-5-15(18)19)10-20-13-7-6-11-3-1-4-12(11)9-13/h6-7,9H,1-5,8,10H2,(H,16,17)(H,18,19). The third-order valence-electron chi connectivity index (χ3n) is 3.33. The Balaban J connectivity index is 1.69. The van der Waals surface area contributed by atoms with Crippen LogP contribution in [0.15, 0.2) is 18.2 Å². The molecule has 0 radical (unpaired) electrons. The van der Waals surface area contributed by atoms with E-state index < -0.39 is 5.97 Å². The quantitative estimate of drug-likeness (QED) is 0.741. The number of aryl methyl sites for hydroxylation is 2. The van der Waals surface area contributed by atoms with Crippen molar-refractivity contribution in [3.63, 3.8) is 0 Å². The van der Waals surface area contributed by atoms with Crippen LogP contribution >= 0.6 is 0 Å². The van der Waals surface area contributed by atoms with E-state index in [2.05, 4.69) is 11.4 Å². The highest BCUT2D eigenvalue weighted by atomic mass is 16.5. The zero-order chi connectivity index (χ0) is 14.4. The Morgan fingerprint density at radius 3 is 2.85 bits per heavy atom. The third kappa shape index (κ3) is 4.26. The number of amides is 1. The average molecular weight is 277 g/mol. The number of rotatable bonds is 7. The fraction of sp³-hybridized carbons (Fsp3) is 0.467. The largest absolute Gasteiger partial charge is 0.484 e. The van der Waals surface area contributed by atoms with Gasteiger partial charge in [0.2, 0.25) is 0 Å². The molecule has 0 saturated carbocycles. The second-order valence-corrected chi connectivity index (χ2v) is 4.92. The number of aliphatic carboxylic acids is 1. The predicted octanol–water partition coefficient (Wildman–Crippen LogP) is 1.54. The van der Waals surface area contributed by atoms with Gasteiger partial charge in [0.05, 0.1) is 0 Å². The summed E-state index contributed by atoms with van der Waals surface area (Å²) in [6, 6.07) is 5.95. The van der Waals surface area contributed by atoms with E-state index in [-0.39, 0.29) is 18.9 Å². The average Bonchev–Trinajstić information content (AvgIpc) is 2.88. The Hall–Kier alpha value is -2.04. The lowest BCUT2D eigenvalue weighted by Crippen LogP contribution is -2.29. The maximum Gasteiger partial charge on any atom is 0.303 e. The molecule has 2 rings (SSSR count). The Labute approximate surface area is 117 Å². The van der Waals surface area contributed by atoms with Gasteiger partial charge < -0.3 is 15.2 Å². The fourth-order valence-electron chi connectivity index (χ4n) is 2.31. The van der Waals surface area contributed by atoms with Crippen molar-refractivity contribution < 1.29 is 19.4 Å². The van der Waals surface area contributed by atoms with Crippen LogP contribution in [-0.2, 0) is 22.4 Å². The first-order valence-electron chi connectivity index (χ1n) is 6.88. The van der Waals surface area contributed by atoms with Crippen molar-refractivity contribution >= 4 is 11.9 Å². The van der Waals surface area contributed by atoms with Crippen molar-refractivity contribution in [2.24, 2.45) is 0 Å². The van der Waals surface area contributed by atoms with E-state index in [1.54, 1.807) is 0 Å². The summed E-state index contributed by atoms with van der Waals surface area (Å²) >= 11 is 0. The summed E-state index contributed by atoms with van der Waals surface area (Å²) in [4.78, 5) is 21.8. The number of carboxylic acid groups (broad SMARTS) is 1. The minimum atomic E-state index is -0.853. The van der Waals surface area contributed by atoms with E-state index in [4.69, 9.17) is 9.84 Å². The first-order chi connectivity index (χ1) is 9.65.